The smallest absolute Gasteiger partial charge is 0.260 e. The summed E-state index contributed by atoms with van der Waals surface area (Å²) in [6.45, 7) is 5.58. The van der Waals surface area contributed by atoms with E-state index in [9.17, 15) is 4.79 Å². The molecule has 0 aliphatic rings. The predicted octanol–water partition coefficient (Wildman–Crippen LogP) is 1.53. The van der Waals surface area contributed by atoms with Gasteiger partial charge < -0.3 is 15.8 Å². The Morgan fingerprint density at radius 2 is 2.06 bits per heavy atom. The molecule has 0 aliphatic heterocycles. The van der Waals surface area contributed by atoms with Crippen LogP contribution in [0.15, 0.2) is 18.2 Å². The summed E-state index contributed by atoms with van der Waals surface area (Å²) in [6, 6.07) is 5.70. The van der Waals surface area contributed by atoms with E-state index in [1.54, 1.807) is 14.0 Å². The third-order valence-corrected chi connectivity index (χ3v) is 2.58. The minimum Gasteiger partial charge on any atom is -0.481 e. The van der Waals surface area contributed by atoms with Crippen molar-refractivity contribution < 1.29 is 9.53 Å². The molecule has 0 saturated heterocycles. The van der Waals surface area contributed by atoms with Crippen molar-refractivity contribution >= 4 is 5.91 Å². The first kappa shape index (κ1) is 13.5. The number of rotatable bonds is 4. The van der Waals surface area contributed by atoms with Gasteiger partial charge in [-0.25, -0.2) is 0 Å². The average molecular weight is 236 g/mol. The van der Waals surface area contributed by atoms with E-state index in [0.29, 0.717) is 5.75 Å². The Kier molecular flexibility index (Phi) is 4.52. The standard InChI is InChI=1S/C13H20N2O2/c1-8-5-6-11(9(2)14)12(7-8)17-10(3)13(16)15-4/h5-7,9-10H,14H2,1-4H3,(H,15,16)/t9-,10?/m0/s1. The van der Waals surface area contributed by atoms with Crippen LogP contribution in [-0.2, 0) is 4.79 Å². The van der Waals surface area contributed by atoms with E-state index >= 15 is 0 Å². The van der Waals surface area contributed by atoms with E-state index in [1.165, 1.54) is 0 Å². The summed E-state index contributed by atoms with van der Waals surface area (Å²) in [5.74, 6) is 0.526. The van der Waals surface area contributed by atoms with Crippen LogP contribution in [0.2, 0.25) is 0 Å². The fraction of sp³-hybridized carbons (Fsp3) is 0.462. The summed E-state index contributed by atoms with van der Waals surface area (Å²) in [7, 11) is 1.59. The summed E-state index contributed by atoms with van der Waals surface area (Å²) >= 11 is 0. The van der Waals surface area contributed by atoms with Gasteiger partial charge in [0.05, 0.1) is 0 Å². The lowest BCUT2D eigenvalue weighted by Crippen LogP contribution is -2.34. The van der Waals surface area contributed by atoms with Gasteiger partial charge in [-0.05, 0) is 32.4 Å². The van der Waals surface area contributed by atoms with Gasteiger partial charge in [0.1, 0.15) is 5.75 Å². The van der Waals surface area contributed by atoms with Crippen LogP contribution in [0.3, 0.4) is 0 Å². The predicted molar refractivity (Wildman–Crippen MR) is 67.9 cm³/mol. The van der Waals surface area contributed by atoms with Crippen LogP contribution in [0.25, 0.3) is 0 Å². The average Bonchev–Trinajstić information content (AvgIpc) is 2.27. The van der Waals surface area contributed by atoms with Gasteiger partial charge in [0.25, 0.3) is 5.91 Å². The van der Waals surface area contributed by atoms with Gasteiger partial charge in [-0.1, -0.05) is 12.1 Å². The summed E-state index contributed by atoms with van der Waals surface area (Å²) in [6.07, 6.45) is -0.528. The molecule has 4 heteroatoms. The molecule has 0 saturated carbocycles. The number of benzene rings is 1. The molecule has 4 nitrogen and oxygen atoms in total. The van der Waals surface area contributed by atoms with Gasteiger partial charge in [-0.3, -0.25) is 4.79 Å². The summed E-state index contributed by atoms with van der Waals surface area (Å²) in [5, 5.41) is 2.55. The Hall–Kier alpha value is -1.55. The van der Waals surface area contributed by atoms with E-state index < -0.39 is 6.10 Å². The van der Waals surface area contributed by atoms with Crippen LogP contribution in [0.4, 0.5) is 0 Å². The minimum absolute atomic E-state index is 0.123. The van der Waals surface area contributed by atoms with Crippen LogP contribution in [0, 0.1) is 6.92 Å². The molecule has 0 aliphatic carbocycles. The van der Waals surface area contributed by atoms with Gasteiger partial charge in [-0.2, -0.15) is 0 Å². The highest BCUT2D eigenvalue weighted by molar-refractivity contribution is 5.80. The van der Waals surface area contributed by atoms with Crippen molar-refractivity contribution in [1.82, 2.24) is 5.32 Å². The number of aryl methyl sites for hydroxylation is 1. The normalized spacial score (nSPS) is 13.9. The fourth-order valence-corrected chi connectivity index (χ4v) is 1.57. The van der Waals surface area contributed by atoms with Crippen LogP contribution in [0.5, 0.6) is 5.75 Å². The molecule has 94 valence electrons. The van der Waals surface area contributed by atoms with Crippen LogP contribution < -0.4 is 15.8 Å². The quantitative estimate of drug-likeness (QED) is 0.833. The van der Waals surface area contributed by atoms with Crippen molar-refractivity contribution in [1.29, 1.82) is 0 Å². The van der Waals surface area contributed by atoms with Gasteiger partial charge >= 0.3 is 0 Å². The third-order valence-electron chi connectivity index (χ3n) is 2.58. The molecule has 1 unspecified atom stereocenters. The lowest BCUT2D eigenvalue weighted by Gasteiger charge is -2.18. The molecule has 0 fully saturated rings. The number of hydrogen-bond acceptors (Lipinski definition) is 3. The van der Waals surface area contributed by atoms with Crippen molar-refractivity contribution in [3.05, 3.63) is 29.3 Å². The number of hydrogen-bond donors (Lipinski definition) is 2. The lowest BCUT2D eigenvalue weighted by molar-refractivity contribution is -0.126. The number of amides is 1. The third kappa shape index (κ3) is 3.46. The molecule has 0 spiro atoms. The Labute approximate surface area is 102 Å². The second kappa shape index (κ2) is 5.68. The first-order valence-corrected chi connectivity index (χ1v) is 5.70. The van der Waals surface area contributed by atoms with Crippen molar-refractivity contribution in [2.45, 2.75) is 32.9 Å². The SMILES string of the molecule is CNC(=O)C(C)Oc1cc(C)ccc1[C@H](C)N. The van der Waals surface area contributed by atoms with Gasteiger partial charge in [0.15, 0.2) is 6.10 Å². The van der Waals surface area contributed by atoms with E-state index in [1.807, 2.05) is 32.0 Å². The first-order valence-electron chi connectivity index (χ1n) is 5.70. The fourth-order valence-electron chi connectivity index (χ4n) is 1.57. The van der Waals surface area contributed by atoms with Gasteiger partial charge in [-0.15, -0.1) is 0 Å². The zero-order chi connectivity index (χ0) is 13.0. The molecule has 1 aromatic rings. The highest BCUT2D eigenvalue weighted by Gasteiger charge is 2.16. The second-order valence-electron chi connectivity index (χ2n) is 4.20. The monoisotopic (exact) mass is 236 g/mol. The minimum atomic E-state index is -0.528. The van der Waals surface area contributed by atoms with E-state index in [2.05, 4.69) is 5.32 Å². The second-order valence-corrected chi connectivity index (χ2v) is 4.20. The Morgan fingerprint density at radius 1 is 1.41 bits per heavy atom. The van der Waals surface area contributed by atoms with Gasteiger partial charge in [0.2, 0.25) is 0 Å². The van der Waals surface area contributed by atoms with E-state index in [4.69, 9.17) is 10.5 Å². The maximum absolute atomic E-state index is 11.4. The summed E-state index contributed by atoms with van der Waals surface area (Å²) in [5.41, 5.74) is 7.85. The highest BCUT2D eigenvalue weighted by Crippen LogP contribution is 2.26. The van der Waals surface area contributed by atoms with Crippen molar-refractivity contribution in [2.75, 3.05) is 7.05 Å². The molecule has 1 aromatic carbocycles. The van der Waals surface area contributed by atoms with Crippen LogP contribution in [-0.4, -0.2) is 19.1 Å². The number of nitrogens with two attached hydrogens (primary N) is 1. The van der Waals surface area contributed by atoms with E-state index in [0.717, 1.165) is 11.1 Å². The number of ether oxygens (including phenoxy) is 1. The molecule has 2 atom stereocenters. The van der Waals surface area contributed by atoms with Crippen molar-refractivity contribution in [3.63, 3.8) is 0 Å². The molecule has 3 N–H and O–H groups in total. The molecule has 1 rings (SSSR count). The maximum Gasteiger partial charge on any atom is 0.260 e. The summed E-state index contributed by atoms with van der Waals surface area (Å²) < 4.78 is 5.65. The van der Waals surface area contributed by atoms with Crippen molar-refractivity contribution in [2.24, 2.45) is 5.73 Å². The van der Waals surface area contributed by atoms with Crippen LogP contribution in [0.1, 0.15) is 31.0 Å². The number of carbonyl (C=O) groups excluding carboxylic acids is 1. The van der Waals surface area contributed by atoms with Gasteiger partial charge in [0, 0.05) is 18.7 Å². The highest BCUT2D eigenvalue weighted by atomic mass is 16.5. The number of nitrogens with one attached hydrogen (secondary N) is 1. The Morgan fingerprint density at radius 3 is 2.59 bits per heavy atom. The zero-order valence-corrected chi connectivity index (χ0v) is 10.8. The number of carbonyl (C=O) groups is 1. The molecule has 1 amide bonds. The zero-order valence-electron chi connectivity index (χ0n) is 10.8. The molecule has 0 heterocycles. The molecule has 0 radical (unpaired) electrons. The van der Waals surface area contributed by atoms with Crippen LogP contribution >= 0.6 is 0 Å². The largest absolute Gasteiger partial charge is 0.481 e. The maximum atomic E-state index is 11.4. The molecular formula is C13H20N2O2. The first-order chi connectivity index (χ1) is 7.95. The number of likely N-dealkylation sites (N-methyl/N-ethyl adjacent to an activating group) is 1. The Balaban J connectivity index is 2.96. The Bertz CT molecular complexity index is 402. The topological polar surface area (TPSA) is 64.3 Å². The van der Waals surface area contributed by atoms with Crippen molar-refractivity contribution in [3.8, 4) is 5.75 Å². The molecule has 17 heavy (non-hydrogen) atoms. The van der Waals surface area contributed by atoms with E-state index in [-0.39, 0.29) is 11.9 Å². The molecular weight excluding hydrogens is 216 g/mol. The molecule has 0 bridgehead atoms. The summed E-state index contributed by atoms with van der Waals surface area (Å²) in [4.78, 5) is 11.4. The molecule has 0 aromatic heterocycles. The lowest BCUT2D eigenvalue weighted by atomic mass is 10.1.